The predicted octanol–water partition coefficient (Wildman–Crippen LogP) is 3.36. The fourth-order valence-corrected chi connectivity index (χ4v) is 2.76. The second-order valence-electron chi connectivity index (χ2n) is 5.44. The summed E-state index contributed by atoms with van der Waals surface area (Å²) >= 11 is 1.14. The highest BCUT2D eigenvalue weighted by atomic mass is 32.1. The summed E-state index contributed by atoms with van der Waals surface area (Å²) in [5.74, 6) is -1.05. The lowest BCUT2D eigenvalue weighted by molar-refractivity contribution is -0.125. The number of ether oxygens (including phenoxy) is 1. The van der Waals surface area contributed by atoms with Crippen LogP contribution in [0.2, 0.25) is 0 Å². The molecular weight excluding hydrogens is 305 g/mol. The molecule has 0 saturated heterocycles. The van der Waals surface area contributed by atoms with Crippen LogP contribution in [0, 0.1) is 11.7 Å². The van der Waals surface area contributed by atoms with Crippen molar-refractivity contribution in [2.45, 2.75) is 26.8 Å². The number of rotatable bonds is 5. The molecule has 1 aromatic heterocycles. The van der Waals surface area contributed by atoms with Gasteiger partial charge in [0.2, 0.25) is 0 Å². The minimum Gasteiger partial charge on any atom is -0.451 e. The summed E-state index contributed by atoms with van der Waals surface area (Å²) in [5, 5.41) is 3.14. The number of esters is 1. The molecule has 22 heavy (non-hydrogen) atoms. The van der Waals surface area contributed by atoms with Crippen LogP contribution in [-0.2, 0) is 9.53 Å². The van der Waals surface area contributed by atoms with Gasteiger partial charge in [-0.3, -0.25) is 4.79 Å². The molecule has 0 spiro atoms. The third-order valence-corrected chi connectivity index (χ3v) is 4.51. The molecule has 118 valence electrons. The van der Waals surface area contributed by atoms with Crippen LogP contribution in [0.5, 0.6) is 0 Å². The maximum atomic E-state index is 13.6. The van der Waals surface area contributed by atoms with Crippen molar-refractivity contribution in [2.24, 2.45) is 5.92 Å². The zero-order valence-corrected chi connectivity index (χ0v) is 13.5. The van der Waals surface area contributed by atoms with Gasteiger partial charge in [0.25, 0.3) is 5.91 Å². The van der Waals surface area contributed by atoms with Gasteiger partial charge in [-0.15, -0.1) is 11.3 Å². The smallest absolute Gasteiger partial charge is 0.348 e. The van der Waals surface area contributed by atoms with Crippen molar-refractivity contribution in [3.8, 4) is 0 Å². The van der Waals surface area contributed by atoms with Crippen LogP contribution in [0.1, 0.15) is 30.4 Å². The van der Waals surface area contributed by atoms with E-state index in [4.69, 9.17) is 4.74 Å². The van der Waals surface area contributed by atoms with Gasteiger partial charge in [-0.2, -0.15) is 0 Å². The van der Waals surface area contributed by atoms with E-state index < -0.39 is 5.97 Å². The minimum absolute atomic E-state index is 0.00428. The first-order valence-corrected chi connectivity index (χ1v) is 7.84. The summed E-state index contributed by atoms with van der Waals surface area (Å²) in [6.45, 7) is 5.52. The van der Waals surface area contributed by atoms with Crippen molar-refractivity contribution in [1.82, 2.24) is 5.32 Å². The number of carbonyl (C=O) groups is 2. The maximum Gasteiger partial charge on any atom is 0.348 e. The van der Waals surface area contributed by atoms with Gasteiger partial charge in [0, 0.05) is 16.1 Å². The number of hydrogen-bond donors (Lipinski definition) is 1. The topological polar surface area (TPSA) is 55.4 Å². The Bertz CT molecular complexity index is 696. The Hall–Kier alpha value is -1.95. The molecule has 0 unspecified atom stereocenters. The molecule has 0 aliphatic heterocycles. The summed E-state index contributed by atoms with van der Waals surface area (Å²) < 4.78 is 19.2. The second-order valence-corrected chi connectivity index (χ2v) is 6.52. The minimum atomic E-state index is -0.618. The lowest BCUT2D eigenvalue weighted by Gasteiger charge is -2.17. The Morgan fingerprint density at radius 3 is 2.68 bits per heavy atom. The number of amides is 1. The fourth-order valence-electron chi connectivity index (χ4n) is 1.79. The first-order valence-electron chi connectivity index (χ1n) is 7.03. The predicted molar refractivity (Wildman–Crippen MR) is 84.5 cm³/mol. The Morgan fingerprint density at radius 1 is 1.32 bits per heavy atom. The molecule has 1 heterocycles. The lowest BCUT2D eigenvalue weighted by Crippen LogP contribution is -2.38. The number of halogens is 1. The number of carbonyl (C=O) groups excluding carboxylic acids is 2. The summed E-state index contributed by atoms with van der Waals surface area (Å²) in [4.78, 5) is 23.9. The van der Waals surface area contributed by atoms with Gasteiger partial charge in [-0.1, -0.05) is 19.9 Å². The van der Waals surface area contributed by atoms with Crippen molar-refractivity contribution in [3.05, 3.63) is 35.0 Å². The van der Waals surface area contributed by atoms with Crippen LogP contribution in [0.4, 0.5) is 4.39 Å². The molecule has 0 aliphatic carbocycles. The van der Waals surface area contributed by atoms with Crippen LogP contribution in [0.15, 0.2) is 24.3 Å². The number of fused-ring (bicyclic) bond motifs is 1. The van der Waals surface area contributed by atoms with Crippen molar-refractivity contribution in [2.75, 3.05) is 6.61 Å². The van der Waals surface area contributed by atoms with Gasteiger partial charge in [0.15, 0.2) is 6.61 Å². The van der Waals surface area contributed by atoms with Crippen LogP contribution in [0.3, 0.4) is 0 Å². The molecule has 2 aromatic rings. The van der Waals surface area contributed by atoms with Crippen molar-refractivity contribution in [3.63, 3.8) is 0 Å². The van der Waals surface area contributed by atoms with E-state index in [2.05, 4.69) is 5.32 Å². The molecule has 6 heteroatoms. The van der Waals surface area contributed by atoms with E-state index in [1.165, 1.54) is 12.1 Å². The zero-order valence-electron chi connectivity index (χ0n) is 12.7. The monoisotopic (exact) mass is 323 g/mol. The molecule has 0 radical (unpaired) electrons. The SMILES string of the molecule is CC(C)[C@H](C)NC(=O)COC(=O)c1cc2c(F)cccc2s1. The second kappa shape index (κ2) is 6.87. The molecule has 1 atom stereocenters. The Balaban J connectivity index is 1.97. The maximum absolute atomic E-state index is 13.6. The zero-order chi connectivity index (χ0) is 16.3. The Kier molecular flexibility index (Phi) is 5.13. The third kappa shape index (κ3) is 3.82. The van der Waals surface area contributed by atoms with E-state index in [-0.39, 0.29) is 29.3 Å². The van der Waals surface area contributed by atoms with Crippen molar-refractivity contribution < 1.29 is 18.7 Å². The Morgan fingerprint density at radius 2 is 2.05 bits per heavy atom. The Labute approximate surface area is 132 Å². The lowest BCUT2D eigenvalue weighted by atomic mass is 10.1. The molecule has 0 saturated carbocycles. The van der Waals surface area contributed by atoms with Gasteiger partial charge in [0.1, 0.15) is 10.7 Å². The third-order valence-electron chi connectivity index (χ3n) is 3.43. The molecule has 2 rings (SSSR count). The summed E-state index contributed by atoms with van der Waals surface area (Å²) in [6.07, 6.45) is 0. The van der Waals surface area contributed by atoms with E-state index in [1.807, 2.05) is 20.8 Å². The van der Waals surface area contributed by atoms with E-state index in [0.717, 1.165) is 11.3 Å². The van der Waals surface area contributed by atoms with Crippen LogP contribution >= 0.6 is 11.3 Å². The van der Waals surface area contributed by atoms with Crippen molar-refractivity contribution in [1.29, 1.82) is 0 Å². The molecule has 1 amide bonds. The van der Waals surface area contributed by atoms with E-state index in [9.17, 15) is 14.0 Å². The van der Waals surface area contributed by atoms with E-state index in [0.29, 0.717) is 16.0 Å². The highest BCUT2D eigenvalue weighted by molar-refractivity contribution is 7.20. The van der Waals surface area contributed by atoms with Gasteiger partial charge >= 0.3 is 5.97 Å². The van der Waals surface area contributed by atoms with Gasteiger partial charge in [-0.25, -0.2) is 9.18 Å². The standard InChI is InChI=1S/C16H18FNO3S/c1-9(2)10(3)18-15(19)8-21-16(20)14-7-11-12(17)5-4-6-13(11)22-14/h4-7,9-10H,8H2,1-3H3,(H,18,19)/t10-/m0/s1. The molecule has 4 nitrogen and oxygen atoms in total. The normalized spacial score (nSPS) is 12.4. The molecule has 1 N–H and O–H groups in total. The summed E-state index contributed by atoms with van der Waals surface area (Å²) in [5.41, 5.74) is 0. The number of hydrogen-bond acceptors (Lipinski definition) is 4. The van der Waals surface area contributed by atoms with Crippen LogP contribution in [0.25, 0.3) is 10.1 Å². The molecule has 0 fully saturated rings. The van der Waals surface area contributed by atoms with Gasteiger partial charge < -0.3 is 10.1 Å². The molecule has 1 aromatic carbocycles. The number of thiophene rings is 1. The highest BCUT2D eigenvalue weighted by Gasteiger charge is 2.16. The molecule has 0 aliphatic rings. The van der Waals surface area contributed by atoms with Crippen molar-refractivity contribution >= 4 is 33.3 Å². The van der Waals surface area contributed by atoms with E-state index >= 15 is 0 Å². The van der Waals surface area contributed by atoms with Crippen LogP contribution in [-0.4, -0.2) is 24.5 Å². The highest BCUT2D eigenvalue weighted by Crippen LogP contribution is 2.28. The summed E-state index contributed by atoms with van der Waals surface area (Å²) in [6, 6.07) is 6.11. The van der Waals surface area contributed by atoms with Gasteiger partial charge in [-0.05, 0) is 31.0 Å². The first-order chi connectivity index (χ1) is 10.4. The quantitative estimate of drug-likeness (QED) is 0.859. The fraction of sp³-hybridized carbons (Fsp3) is 0.375. The molecule has 0 bridgehead atoms. The van der Waals surface area contributed by atoms with Gasteiger partial charge in [0.05, 0.1) is 0 Å². The first kappa shape index (κ1) is 16.4. The number of nitrogens with one attached hydrogen (secondary N) is 1. The largest absolute Gasteiger partial charge is 0.451 e. The summed E-state index contributed by atoms with van der Waals surface area (Å²) in [7, 11) is 0. The number of benzene rings is 1. The molecular formula is C16H18FNO3S. The van der Waals surface area contributed by atoms with E-state index in [1.54, 1.807) is 12.1 Å². The average molecular weight is 323 g/mol. The average Bonchev–Trinajstić information content (AvgIpc) is 2.90. The van der Waals surface area contributed by atoms with Crippen LogP contribution < -0.4 is 5.32 Å².